The molecule has 0 fully saturated rings. The number of carbonyl (C=O) groups is 1. The lowest BCUT2D eigenvalue weighted by Crippen LogP contribution is -2.26. The standard InChI is InChI=1S/C11H14ClNO2/c1-13(11(15)5-6-12)8-9-3-2-4-10(14)7-9/h2-4,7,14H,5-6,8H2,1H3. The Kier molecular flexibility index (Phi) is 4.43. The summed E-state index contributed by atoms with van der Waals surface area (Å²) in [5.41, 5.74) is 0.903. The number of amides is 1. The van der Waals surface area contributed by atoms with E-state index < -0.39 is 0 Å². The predicted molar refractivity (Wildman–Crippen MR) is 59.9 cm³/mol. The summed E-state index contributed by atoms with van der Waals surface area (Å²) < 4.78 is 0. The van der Waals surface area contributed by atoms with Crippen molar-refractivity contribution in [3.8, 4) is 5.75 Å². The SMILES string of the molecule is CN(Cc1cccc(O)c1)C(=O)CCCl. The maximum Gasteiger partial charge on any atom is 0.223 e. The van der Waals surface area contributed by atoms with Gasteiger partial charge in [-0.2, -0.15) is 0 Å². The summed E-state index contributed by atoms with van der Waals surface area (Å²) in [5.74, 6) is 0.558. The van der Waals surface area contributed by atoms with Crippen molar-refractivity contribution in [2.75, 3.05) is 12.9 Å². The molecule has 0 atom stereocenters. The smallest absolute Gasteiger partial charge is 0.223 e. The number of hydrogen-bond acceptors (Lipinski definition) is 2. The molecule has 1 amide bonds. The van der Waals surface area contributed by atoms with E-state index in [0.29, 0.717) is 18.8 Å². The molecule has 0 aliphatic rings. The number of aromatic hydroxyl groups is 1. The van der Waals surface area contributed by atoms with E-state index in [4.69, 9.17) is 11.6 Å². The van der Waals surface area contributed by atoms with Gasteiger partial charge in [-0.3, -0.25) is 4.79 Å². The second-order valence-electron chi connectivity index (χ2n) is 3.36. The predicted octanol–water partition coefficient (Wildman–Crippen LogP) is 1.98. The van der Waals surface area contributed by atoms with Crippen LogP contribution in [0, 0.1) is 0 Å². The van der Waals surface area contributed by atoms with Gasteiger partial charge in [-0.25, -0.2) is 0 Å². The van der Waals surface area contributed by atoms with Gasteiger partial charge in [0.2, 0.25) is 5.91 Å². The fourth-order valence-electron chi connectivity index (χ4n) is 1.29. The molecule has 82 valence electrons. The maximum atomic E-state index is 11.4. The molecule has 0 radical (unpaired) electrons. The number of alkyl halides is 1. The number of nitrogens with zero attached hydrogens (tertiary/aromatic N) is 1. The molecule has 15 heavy (non-hydrogen) atoms. The zero-order valence-corrected chi connectivity index (χ0v) is 9.37. The van der Waals surface area contributed by atoms with E-state index in [9.17, 15) is 9.90 Å². The van der Waals surface area contributed by atoms with E-state index in [1.165, 1.54) is 0 Å². The lowest BCUT2D eigenvalue weighted by Gasteiger charge is -2.16. The Morgan fingerprint density at radius 2 is 2.27 bits per heavy atom. The Balaban J connectivity index is 2.58. The Labute approximate surface area is 94.3 Å². The van der Waals surface area contributed by atoms with Crippen LogP contribution in [-0.4, -0.2) is 28.8 Å². The highest BCUT2D eigenvalue weighted by Gasteiger charge is 2.08. The van der Waals surface area contributed by atoms with Crippen LogP contribution in [0.15, 0.2) is 24.3 Å². The van der Waals surface area contributed by atoms with Crippen LogP contribution in [-0.2, 0) is 11.3 Å². The van der Waals surface area contributed by atoms with Crippen LogP contribution in [0.5, 0.6) is 5.75 Å². The zero-order chi connectivity index (χ0) is 11.3. The van der Waals surface area contributed by atoms with E-state index in [2.05, 4.69) is 0 Å². The first-order chi connectivity index (χ1) is 7.13. The molecular weight excluding hydrogens is 214 g/mol. The minimum absolute atomic E-state index is 0.00772. The van der Waals surface area contributed by atoms with Crippen LogP contribution in [0.25, 0.3) is 0 Å². The van der Waals surface area contributed by atoms with Gasteiger partial charge in [-0.05, 0) is 17.7 Å². The fraction of sp³-hybridized carbons (Fsp3) is 0.364. The van der Waals surface area contributed by atoms with Gasteiger partial charge in [0.1, 0.15) is 5.75 Å². The molecule has 1 N–H and O–H groups in total. The number of rotatable bonds is 4. The first-order valence-corrected chi connectivity index (χ1v) is 5.25. The minimum atomic E-state index is 0.00772. The van der Waals surface area contributed by atoms with Crippen molar-refractivity contribution in [1.29, 1.82) is 0 Å². The lowest BCUT2D eigenvalue weighted by molar-refractivity contribution is -0.129. The van der Waals surface area contributed by atoms with Crippen LogP contribution in [0.2, 0.25) is 0 Å². The molecule has 0 heterocycles. The third kappa shape index (κ3) is 3.80. The summed E-state index contributed by atoms with van der Waals surface area (Å²) in [5, 5.41) is 9.24. The Hall–Kier alpha value is -1.22. The molecule has 0 bridgehead atoms. The van der Waals surface area contributed by atoms with E-state index in [1.807, 2.05) is 6.07 Å². The summed E-state index contributed by atoms with van der Waals surface area (Å²) >= 11 is 5.48. The number of benzene rings is 1. The van der Waals surface area contributed by atoms with Gasteiger partial charge in [0.25, 0.3) is 0 Å². The van der Waals surface area contributed by atoms with Gasteiger partial charge in [0.15, 0.2) is 0 Å². The zero-order valence-electron chi connectivity index (χ0n) is 8.61. The molecule has 3 nitrogen and oxygen atoms in total. The molecular formula is C11H14ClNO2. The Morgan fingerprint density at radius 3 is 2.87 bits per heavy atom. The van der Waals surface area contributed by atoms with E-state index in [1.54, 1.807) is 30.1 Å². The van der Waals surface area contributed by atoms with E-state index in [0.717, 1.165) is 5.56 Å². The molecule has 0 saturated heterocycles. The van der Waals surface area contributed by atoms with E-state index >= 15 is 0 Å². The second-order valence-corrected chi connectivity index (χ2v) is 3.74. The van der Waals surface area contributed by atoms with Gasteiger partial charge in [-0.1, -0.05) is 12.1 Å². The largest absolute Gasteiger partial charge is 0.508 e. The average Bonchev–Trinajstić information content (AvgIpc) is 2.18. The monoisotopic (exact) mass is 227 g/mol. The van der Waals surface area contributed by atoms with Crippen LogP contribution < -0.4 is 0 Å². The summed E-state index contributed by atoms with van der Waals surface area (Å²) in [6.45, 7) is 0.490. The molecule has 0 saturated carbocycles. The third-order valence-corrected chi connectivity index (χ3v) is 2.25. The van der Waals surface area contributed by atoms with Crippen LogP contribution in [0.1, 0.15) is 12.0 Å². The molecule has 1 aromatic rings. The Bertz CT molecular complexity index is 341. The molecule has 0 aliphatic heterocycles. The molecule has 0 unspecified atom stereocenters. The lowest BCUT2D eigenvalue weighted by atomic mass is 10.2. The normalized spacial score (nSPS) is 10.0. The highest BCUT2D eigenvalue weighted by molar-refractivity contribution is 6.18. The second kappa shape index (κ2) is 5.61. The van der Waals surface area contributed by atoms with Crippen molar-refractivity contribution in [2.24, 2.45) is 0 Å². The first kappa shape index (κ1) is 11.9. The number of hydrogen-bond donors (Lipinski definition) is 1. The van der Waals surface area contributed by atoms with Gasteiger partial charge in [0.05, 0.1) is 0 Å². The van der Waals surface area contributed by atoms with Crippen LogP contribution in [0.4, 0.5) is 0 Å². The Morgan fingerprint density at radius 1 is 1.53 bits per heavy atom. The van der Waals surface area contributed by atoms with E-state index in [-0.39, 0.29) is 11.7 Å². The average molecular weight is 228 g/mol. The molecule has 0 spiro atoms. The molecule has 0 aliphatic carbocycles. The van der Waals surface area contributed by atoms with Crippen molar-refractivity contribution in [2.45, 2.75) is 13.0 Å². The maximum absolute atomic E-state index is 11.4. The first-order valence-electron chi connectivity index (χ1n) is 4.71. The molecule has 1 rings (SSSR count). The van der Waals surface area contributed by atoms with Gasteiger partial charge < -0.3 is 10.0 Å². The summed E-state index contributed by atoms with van der Waals surface area (Å²) in [6.07, 6.45) is 0.344. The van der Waals surface area contributed by atoms with Gasteiger partial charge in [-0.15, -0.1) is 11.6 Å². The highest BCUT2D eigenvalue weighted by atomic mass is 35.5. The highest BCUT2D eigenvalue weighted by Crippen LogP contribution is 2.12. The molecule has 4 heteroatoms. The van der Waals surface area contributed by atoms with Crippen LogP contribution >= 0.6 is 11.6 Å². The van der Waals surface area contributed by atoms with Gasteiger partial charge >= 0.3 is 0 Å². The number of carbonyl (C=O) groups excluding carboxylic acids is 1. The van der Waals surface area contributed by atoms with Crippen LogP contribution in [0.3, 0.4) is 0 Å². The molecule has 0 aromatic heterocycles. The van der Waals surface area contributed by atoms with Crippen molar-refractivity contribution in [3.05, 3.63) is 29.8 Å². The fourth-order valence-corrected chi connectivity index (χ4v) is 1.45. The number of phenolic OH excluding ortho intramolecular Hbond substituents is 1. The third-order valence-electron chi connectivity index (χ3n) is 2.06. The number of phenols is 1. The van der Waals surface area contributed by atoms with Crippen molar-refractivity contribution in [1.82, 2.24) is 4.90 Å². The number of halogens is 1. The van der Waals surface area contributed by atoms with Crippen molar-refractivity contribution in [3.63, 3.8) is 0 Å². The summed E-state index contributed by atoms with van der Waals surface area (Å²) in [4.78, 5) is 13.0. The summed E-state index contributed by atoms with van der Waals surface area (Å²) in [7, 11) is 1.72. The minimum Gasteiger partial charge on any atom is -0.508 e. The van der Waals surface area contributed by atoms with Crippen molar-refractivity contribution < 1.29 is 9.90 Å². The van der Waals surface area contributed by atoms with Gasteiger partial charge in [0, 0.05) is 25.9 Å². The molecule has 1 aromatic carbocycles. The topological polar surface area (TPSA) is 40.5 Å². The quantitative estimate of drug-likeness (QED) is 0.800. The van der Waals surface area contributed by atoms with Crippen molar-refractivity contribution >= 4 is 17.5 Å². The summed E-state index contributed by atoms with van der Waals surface area (Å²) in [6, 6.07) is 6.86.